The molecule has 1 aliphatic rings. The Morgan fingerprint density at radius 2 is 1.57 bits per heavy atom. The van der Waals surface area contributed by atoms with Gasteiger partial charge in [0.05, 0.1) is 0 Å². The standard InChI is InChI=1S/C3H6N2O2/c4-2-3(5)7-1-6-2/h1,4-5H2. The summed E-state index contributed by atoms with van der Waals surface area (Å²) >= 11 is 0. The molecule has 0 fully saturated rings. The quantitative estimate of drug-likeness (QED) is 0.413. The monoisotopic (exact) mass is 102 g/mol. The fourth-order valence-electron chi connectivity index (χ4n) is 0.299. The Balaban J connectivity index is 2.64. The molecule has 0 saturated carbocycles. The molecular formula is C3H6N2O2. The highest BCUT2D eigenvalue weighted by molar-refractivity contribution is 4.94. The van der Waals surface area contributed by atoms with Gasteiger partial charge in [0, 0.05) is 0 Å². The van der Waals surface area contributed by atoms with E-state index in [0.29, 0.717) is 0 Å². The Kier molecular flexibility index (Phi) is 0.714. The predicted octanol–water partition coefficient (Wildman–Crippen LogP) is -0.965. The molecule has 0 aromatic heterocycles. The highest BCUT2D eigenvalue weighted by atomic mass is 16.7. The third-order valence-electron chi connectivity index (χ3n) is 0.672. The maximum atomic E-state index is 5.09. The van der Waals surface area contributed by atoms with Gasteiger partial charge in [-0.05, 0) is 0 Å². The first-order valence-corrected chi connectivity index (χ1v) is 1.81. The van der Waals surface area contributed by atoms with Gasteiger partial charge in [-0.15, -0.1) is 0 Å². The van der Waals surface area contributed by atoms with Crippen LogP contribution in [0.25, 0.3) is 0 Å². The van der Waals surface area contributed by atoms with E-state index in [0.717, 1.165) is 0 Å². The van der Waals surface area contributed by atoms with E-state index in [1.54, 1.807) is 0 Å². The number of ether oxygens (including phenoxy) is 2. The molecule has 0 saturated heterocycles. The minimum atomic E-state index is 0.150. The average Bonchev–Trinajstić information content (AvgIpc) is 1.91. The third kappa shape index (κ3) is 0.534. The van der Waals surface area contributed by atoms with Crippen LogP contribution in [0.4, 0.5) is 0 Å². The molecule has 0 amide bonds. The van der Waals surface area contributed by atoms with Crippen LogP contribution in [-0.2, 0) is 9.47 Å². The van der Waals surface area contributed by atoms with Crippen LogP contribution in [0.3, 0.4) is 0 Å². The Bertz CT molecular complexity index is 97.5. The van der Waals surface area contributed by atoms with E-state index in [-0.39, 0.29) is 18.6 Å². The van der Waals surface area contributed by atoms with Crippen molar-refractivity contribution in [2.75, 3.05) is 6.79 Å². The van der Waals surface area contributed by atoms with Gasteiger partial charge in [-0.25, -0.2) is 0 Å². The lowest BCUT2D eigenvalue weighted by Gasteiger charge is -1.86. The summed E-state index contributed by atoms with van der Waals surface area (Å²) in [4.78, 5) is 0. The van der Waals surface area contributed by atoms with Gasteiger partial charge < -0.3 is 20.9 Å². The molecule has 0 radical (unpaired) electrons. The van der Waals surface area contributed by atoms with Crippen molar-refractivity contribution in [3.05, 3.63) is 11.8 Å². The number of rotatable bonds is 0. The molecular weight excluding hydrogens is 96.0 g/mol. The number of hydrogen-bond donors (Lipinski definition) is 2. The number of nitrogens with two attached hydrogens (primary N) is 2. The van der Waals surface area contributed by atoms with Crippen molar-refractivity contribution in [3.63, 3.8) is 0 Å². The van der Waals surface area contributed by atoms with Gasteiger partial charge in [-0.1, -0.05) is 0 Å². The highest BCUT2D eigenvalue weighted by Crippen LogP contribution is 2.03. The van der Waals surface area contributed by atoms with Crippen LogP contribution in [0.15, 0.2) is 11.8 Å². The molecule has 0 aromatic carbocycles. The lowest BCUT2D eigenvalue weighted by atomic mass is 10.8. The summed E-state index contributed by atoms with van der Waals surface area (Å²) < 4.78 is 9.15. The van der Waals surface area contributed by atoms with Crippen LogP contribution in [-0.4, -0.2) is 6.79 Å². The van der Waals surface area contributed by atoms with E-state index >= 15 is 0 Å². The normalized spacial score (nSPS) is 18.9. The zero-order valence-electron chi connectivity index (χ0n) is 3.68. The summed E-state index contributed by atoms with van der Waals surface area (Å²) in [6, 6.07) is 0. The Morgan fingerprint density at radius 3 is 1.71 bits per heavy atom. The van der Waals surface area contributed by atoms with Crippen LogP contribution in [0.2, 0.25) is 0 Å². The molecule has 4 heteroatoms. The molecule has 0 unspecified atom stereocenters. The van der Waals surface area contributed by atoms with Gasteiger partial charge in [0.2, 0.25) is 18.6 Å². The van der Waals surface area contributed by atoms with Crippen LogP contribution in [0.1, 0.15) is 0 Å². The second-order valence-corrected chi connectivity index (χ2v) is 1.14. The summed E-state index contributed by atoms with van der Waals surface area (Å²) in [6.45, 7) is 0.150. The van der Waals surface area contributed by atoms with Crippen molar-refractivity contribution in [1.29, 1.82) is 0 Å². The summed E-state index contributed by atoms with van der Waals surface area (Å²) in [6.07, 6.45) is 0. The van der Waals surface area contributed by atoms with Gasteiger partial charge in [0.25, 0.3) is 0 Å². The molecule has 0 aliphatic carbocycles. The molecule has 0 atom stereocenters. The van der Waals surface area contributed by atoms with E-state index in [4.69, 9.17) is 11.5 Å². The molecule has 0 aromatic rings. The molecule has 1 rings (SSSR count). The molecule has 0 bridgehead atoms. The molecule has 4 nitrogen and oxygen atoms in total. The van der Waals surface area contributed by atoms with Crippen molar-refractivity contribution < 1.29 is 9.47 Å². The van der Waals surface area contributed by atoms with Gasteiger partial charge in [-0.2, -0.15) is 0 Å². The summed E-state index contributed by atoms with van der Waals surface area (Å²) in [5.74, 6) is 0.361. The van der Waals surface area contributed by atoms with Gasteiger partial charge in [-0.3, -0.25) is 0 Å². The SMILES string of the molecule is NC1=C(N)OCO1. The summed E-state index contributed by atoms with van der Waals surface area (Å²) in [7, 11) is 0. The van der Waals surface area contributed by atoms with E-state index in [1.165, 1.54) is 0 Å². The Labute approximate surface area is 40.7 Å². The molecule has 40 valence electrons. The first-order chi connectivity index (χ1) is 3.30. The molecule has 1 heterocycles. The molecule has 0 spiro atoms. The minimum absolute atomic E-state index is 0.150. The van der Waals surface area contributed by atoms with Crippen molar-refractivity contribution in [2.45, 2.75) is 0 Å². The van der Waals surface area contributed by atoms with Crippen LogP contribution in [0.5, 0.6) is 0 Å². The van der Waals surface area contributed by atoms with Crippen molar-refractivity contribution in [2.24, 2.45) is 11.5 Å². The lowest BCUT2D eigenvalue weighted by Crippen LogP contribution is -2.04. The fourth-order valence-corrected chi connectivity index (χ4v) is 0.299. The van der Waals surface area contributed by atoms with Gasteiger partial charge >= 0.3 is 0 Å². The Morgan fingerprint density at radius 1 is 1.14 bits per heavy atom. The predicted molar refractivity (Wildman–Crippen MR) is 22.4 cm³/mol. The number of hydrogen-bond acceptors (Lipinski definition) is 4. The maximum Gasteiger partial charge on any atom is 0.249 e. The van der Waals surface area contributed by atoms with Gasteiger partial charge in [0.15, 0.2) is 0 Å². The molecule has 4 N–H and O–H groups in total. The topological polar surface area (TPSA) is 70.5 Å². The van der Waals surface area contributed by atoms with E-state index in [1.807, 2.05) is 0 Å². The largest absolute Gasteiger partial charge is 0.438 e. The molecule has 1 aliphatic heterocycles. The maximum absolute atomic E-state index is 5.09. The van der Waals surface area contributed by atoms with Crippen molar-refractivity contribution >= 4 is 0 Å². The van der Waals surface area contributed by atoms with Crippen LogP contribution >= 0.6 is 0 Å². The average molecular weight is 102 g/mol. The fraction of sp³-hybridized carbons (Fsp3) is 0.333. The van der Waals surface area contributed by atoms with E-state index in [2.05, 4.69) is 9.47 Å². The lowest BCUT2D eigenvalue weighted by molar-refractivity contribution is 0.0700. The Hall–Kier alpha value is -1.06. The smallest absolute Gasteiger partial charge is 0.249 e. The van der Waals surface area contributed by atoms with E-state index < -0.39 is 0 Å². The van der Waals surface area contributed by atoms with Crippen LogP contribution in [0, 0.1) is 0 Å². The minimum Gasteiger partial charge on any atom is -0.438 e. The highest BCUT2D eigenvalue weighted by Gasteiger charge is 2.07. The van der Waals surface area contributed by atoms with Crippen molar-refractivity contribution in [3.8, 4) is 0 Å². The zero-order chi connectivity index (χ0) is 5.28. The van der Waals surface area contributed by atoms with Crippen molar-refractivity contribution in [1.82, 2.24) is 0 Å². The summed E-state index contributed by atoms with van der Waals surface area (Å²) in [5.41, 5.74) is 10.2. The van der Waals surface area contributed by atoms with Gasteiger partial charge in [0.1, 0.15) is 0 Å². The van der Waals surface area contributed by atoms with Crippen LogP contribution < -0.4 is 11.5 Å². The second-order valence-electron chi connectivity index (χ2n) is 1.14. The first-order valence-electron chi connectivity index (χ1n) is 1.81. The zero-order valence-corrected chi connectivity index (χ0v) is 3.68. The second kappa shape index (κ2) is 1.22. The third-order valence-corrected chi connectivity index (χ3v) is 0.672. The first kappa shape index (κ1) is 4.11. The molecule has 7 heavy (non-hydrogen) atoms. The van der Waals surface area contributed by atoms with E-state index in [9.17, 15) is 0 Å². The summed E-state index contributed by atoms with van der Waals surface area (Å²) in [5, 5.41) is 0.